The highest BCUT2D eigenvalue weighted by atomic mass is 32.2. The second-order valence-corrected chi connectivity index (χ2v) is 9.43. The van der Waals surface area contributed by atoms with Gasteiger partial charge in [0.1, 0.15) is 11.6 Å². The number of anilines is 1. The van der Waals surface area contributed by atoms with Gasteiger partial charge in [-0.25, -0.2) is 8.78 Å². The summed E-state index contributed by atoms with van der Waals surface area (Å²) in [4.78, 5) is 29.3. The van der Waals surface area contributed by atoms with Crippen molar-refractivity contribution in [3.8, 4) is 0 Å². The van der Waals surface area contributed by atoms with E-state index >= 15 is 0 Å². The van der Waals surface area contributed by atoms with Crippen LogP contribution in [0.3, 0.4) is 0 Å². The van der Waals surface area contributed by atoms with Crippen LogP contribution in [-0.4, -0.2) is 29.0 Å². The minimum absolute atomic E-state index is 0.00435. The van der Waals surface area contributed by atoms with E-state index in [2.05, 4.69) is 0 Å². The number of nitrogens with zero attached hydrogens (tertiary/aromatic N) is 2. The molecule has 5 rings (SSSR count). The summed E-state index contributed by atoms with van der Waals surface area (Å²) in [6, 6.07) is 10.3. The Morgan fingerprint density at radius 2 is 1.77 bits per heavy atom. The molecule has 2 amide bonds. The third-order valence-electron chi connectivity index (χ3n) is 6.38. The van der Waals surface area contributed by atoms with Gasteiger partial charge in [-0.15, -0.1) is 11.8 Å². The minimum atomic E-state index is -1.21. The fourth-order valence-electron chi connectivity index (χ4n) is 4.93. The van der Waals surface area contributed by atoms with Crippen molar-refractivity contribution in [1.29, 1.82) is 0 Å². The van der Waals surface area contributed by atoms with Crippen molar-refractivity contribution < 1.29 is 18.4 Å². The molecule has 2 fully saturated rings. The van der Waals surface area contributed by atoms with Gasteiger partial charge in [0.2, 0.25) is 5.91 Å². The summed E-state index contributed by atoms with van der Waals surface area (Å²) >= 11 is 1.41. The number of carbonyl (C=O) groups excluding carboxylic acids is 2. The molecule has 1 aliphatic carbocycles. The van der Waals surface area contributed by atoms with Gasteiger partial charge in [0.05, 0.1) is 12.2 Å². The number of benzene rings is 2. The molecular formula is C23H22F2N2O2S. The summed E-state index contributed by atoms with van der Waals surface area (Å²) in [6.07, 6.45) is 3.75. The maximum Gasteiger partial charge on any atom is 0.268 e. The Morgan fingerprint density at radius 3 is 2.50 bits per heavy atom. The van der Waals surface area contributed by atoms with E-state index in [1.807, 2.05) is 0 Å². The van der Waals surface area contributed by atoms with Crippen LogP contribution in [0, 0.1) is 17.6 Å². The van der Waals surface area contributed by atoms with Crippen molar-refractivity contribution in [3.63, 3.8) is 0 Å². The van der Waals surface area contributed by atoms with Crippen molar-refractivity contribution in [3.05, 3.63) is 65.2 Å². The summed E-state index contributed by atoms with van der Waals surface area (Å²) in [5, 5.41) is 0. The van der Waals surface area contributed by atoms with Gasteiger partial charge < -0.3 is 9.80 Å². The van der Waals surface area contributed by atoms with Crippen LogP contribution in [0.15, 0.2) is 42.5 Å². The maximum absolute atomic E-state index is 14.3. The predicted molar refractivity (Wildman–Crippen MR) is 112 cm³/mol. The highest BCUT2D eigenvalue weighted by Gasteiger charge is 2.60. The zero-order valence-electron chi connectivity index (χ0n) is 16.4. The fourth-order valence-corrected chi connectivity index (χ4v) is 6.39. The minimum Gasteiger partial charge on any atom is -0.315 e. The molecule has 30 heavy (non-hydrogen) atoms. The van der Waals surface area contributed by atoms with Crippen LogP contribution in [0.4, 0.5) is 14.5 Å². The van der Waals surface area contributed by atoms with Crippen LogP contribution in [0.5, 0.6) is 0 Å². The zero-order valence-corrected chi connectivity index (χ0v) is 17.3. The van der Waals surface area contributed by atoms with E-state index in [1.165, 1.54) is 36.0 Å². The smallest absolute Gasteiger partial charge is 0.268 e. The lowest BCUT2D eigenvalue weighted by atomic mass is 10.0. The molecule has 4 nitrogen and oxygen atoms in total. The van der Waals surface area contributed by atoms with Gasteiger partial charge in [-0.05, 0) is 48.7 Å². The number of carbonyl (C=O) groups is 2. The Hall–Kier alpha value is -2.41. The van der Waals surface area contributed by atoms with E-state index in [-0.39, 0.29) is 30.1 Å². The monoisotopic (exact) mass is 428 g/mol. The largest absolute Gasteiger partial charge is 0.315 e. The molecule has 1 saturated heterocycles. The van der Waals surface area contributed by atoms with Crippen molar-refractivity contribution in [2.45, 2.75) is 37.1 Å². The predicted octanol–water partition coefficient (Wildman–Crippen LogP) is 4.43. The van der Waals surface area contributed by atoms with E-state index in [1.54, 1.807) is 28.0 Å². The third-order valence-corrected chi connectivity index (χ3v) is 7.80. The van der Waals surface area contributed by atoms with E-state index in [9.17, 15) is 18.4 Å². The molecule has 7 heteroatoms. The number of thioether (sulfide) groups is 1. The van der Waals surface area contributed by atoms with E-state index in [0.717, 1.165) is 31.2 Å². The summed E-state index contributed by atoms with van der Waals surface area (Å²) in [5.41, 5.74) is 1.93. The molecule has 0 bridgehead atoms. The first-order chi connectivity index (χ1) is 14.5. The number of rotatable bonds is 3. The normalized spacial score (nSPS) is 23.6. The van der Waals surface area contributed by atoms with Crippen molar-refractivity contribution >= 4 is 29.3 Å². The Bertz CT molecular complexity index is 1010. The first-order valence-electron chi connectivity index (χ1n) is 10.3. The second-order valence-electron chi connectivity index (χ2n) is 8.14. The molecule has 1 atom stereocenters. The average molecular weight is 429 g/mol. The molecular weight excluding hydrogens is 406 g/mol. The summed E-state index contributed by atoms with van der Waals surface area (Å²) < 4.78 is 27.6. The van der Waals surface area contributed by atoms with Crippen molar-refractivity contribution in [2.75, 3.05) is 17.2 Å². The zero-order chi connectivity index (χ0) is 20.9. The molecule has 1 saturated carbocycles. The van der Waals surface area contributed by atoms with Crippen LogP contribution in [0.2, 0.25) is 0 Å². The highest BCUT2D eigenvalue weighted by Crippen LogP contribution is 2.55. The number of hydrogen-bond acceptors (Lipinski definition) is 3. The van der Waals surface area contributed by atoms with Crippen molar-refractivity contribution in [1.82, 2.24) is 4.90 Å². The Balaban J connectivity index is 1.56. The summed E-state index contributed by atoms with van der Waals surface area (Å²) in [7, 11) is 0. The Kier molecular flexibility index (Phi) is 4.81. The molecule has 2 heterocycles. The van der Waals surface area contributed by atoms with Crippen LogP contribution in [0.1, 0.15) is 36.8 Å². The second kappa shape index (κ2) is 7.38. The molecule has 1 spiro atoms. The number of hydrogen-bond donors (Lipinski definition) is 0. The molecule has 2 aromatic rings. The standard InChI is InChI=1S/C23H22F2N2O2S/c24-17-7-5-15(6-8-17)14-26-20-10-9-18(25)13-19(20)23(22(26)29)27(11-12-30-23)21(28)16-3-1-2-4-16/h5-10,13,16H,1-4,11-12,14H2. The van der Waals surface area contributed by atoms with Gasteiger partial charge in [-0.2, -0.15) is 0 Å². The number of amides is 2. The Labute approximate surface area is 178 Å². The maximum atomic E-state index is 14.3. The molecule has 156 valence electrons. The van der Waals surface area contributed by atoms with Crippen LogP contribution < -0.4 is 4.90 Å². The van der Waals surface area contributed by atoms with Gasteiger partial charge in [-0.1, -0.05) is 25.0 Å². The molecule has 3 aliphatic rings. The van der Waals surface area contributed by atoms with Crippen LogP contribution in [-0.2, 0) is 21.0 Å². The van der Waals surface area contributed by atoms with E-state index in [0.29, 0.717) is 23.5 Å². The van der Waals surface area contributed by atoms with Gasteiger partial charge in [0.15, 0.2) is 4.87 Å². The SMILES string of the molecule is O=C(C1CCCC1)N1CCSC12C(=O)N(Cc1ccc(F)cc1)c1ccc(F)cc12. The number of fused-ring (bicyclic) bond motifs is 2. The molecule has 0 N–H and O–H groups in total. The molecule has 1 unspecified atom stereocenters. The van der Waals surface area contributed by atoms with Gasteiger partial charge in [0, 0.05) is 23.8 Å². The molecule has 0 radical (unpaired) electrons. The first-order valence-corrected chi connectivity index (χ1v) is 11.3. The summed E-state index contributed by atoms with van der Waals surface area (Å²) in [6.45, 7) is 0.720. The topological polar surface area (TPSA) is 40.6 Å². The molecule has 0 aromatic heterocycles. The van der Waals surface area contributed by atoms with E-state index in [4.69, 9.17) is 0 Å². The number of halogens is 2. The molecule has 2 aliphatic heterocycles. The van der Waals surface area contributed by atoms with Gasteiger partial charge >= 0.3 is 0 Å². The highest BCUT2D eigenvalue weighted by molar-refractivity contribution is 8.01. The Morgan fingerprint density at radius 1 is 1.07 bits per heavy atom. The fraction of sp³-hybridized carbons (Fsp3) is 0.391. The van der Waals surface area contributed by atoms with Crippen LogP contribution >= 0.6 is 11.8 Å². The van der Waals surface area contributed by atoms with Crippen LogP contribution in [0.25, 0.3) is 0 Å². The average Bonchev–Trinajstić information content (AvgIpc) is 3.47. The quantitative estimate of drug-likeness (QED) is 0.726. The lowest BCUT2D eigenvalue weighted by Gasteiger charge is -2.34. The van der Waals surface area contributed by atoms with Gasteiger partial charge in [-0.3, -0.25) is 9.59 Å². The third kappa shape index (κ3) is 2.94. The van der Waals surface area contributed by atoms with Crippen molar-refractivity contribution in [2.24, 2.45) is 5.92 Å². The van der Waals surface area contributed by atoms with E-state index < -0.39 is 10.7 Å². The molecule has 2 aromatic carbocycles. The lowest BCUT2D eigenvalue weighted by molar-refractivity contribution is -0.143. The first kappa shape index (κ1) is 19.5. The lowest BCUT2D eigenvalue weighted by Crippen LogP contribution is -2.51. The van der Waals surface area contributed by atoms with Gasteiger partial charge in [0.25, 0.3) is 5.91 Å². The summed E-state index contributed by atoms with van der Waals surface area (Å²) in [5.74, 6) is -0.414.